The van der Waals surface area contributed by atoms with Crippen molar-refractivity contribution >= 4 is 34.7 Å². The Morgan fingerprint density at radius 3 is 2.52 bits per heavy atom. The molecule has 0 aliphatic heterocycles. The molecule has 2 aromatic rings. The van der Waals surface area contributed by atoms with Gasteiger partial charge in [-0.1, -0.05) is 23.2 Å². The summed E-state index contributed by atoms with van der Waals surface area (Å²) < 4.78 is 5.35. The van der Waals surface area contributed by atoms with Gasteiger partial charge in [-0.3, -0.25) is 4.79 Å². The highest BCUT2D eigenvalue weighted by molar-refractivity contribution is 6.37. The van der Waals surface area contributed by atoms with Gasteiger partial charge in [0.05, 0.1) is 16.7 Å². The minimum absolute atomic E-state index is 0.201. The van der Waals surface area contributed by atoms with Gasteiger partial charge in [-0.05, 0) is 43.7 Å². The summed E-state index contributed by atoms with van der Waals surface area (Å²) in [5.41, 5.74) is 8.10. The van der Waals surface area contributed by atoms with Crippen LogP contribution in [0.4, 0.5) is 5.69 Å². The summed E-state index contributed by atoms with van der Waals surface area (Å²) in [7, 11) is 0. The molecule has 2 N–H and O–H groups in total. The van der Waals surface area contributed by atoms with E-state index in [9.17, 15) is 4.79 Å². The van der Waals surface area contributed by atoms with Crippen LogP contribution < -0.4 is 10.5 Å². The Bertz CT molecular complexity index is 699. The first kappa shape index (κ1) is 15.7. The molecule has 0 amide bonds. The number of carbonyl (C=O) groups is 1. The van der Waals surface area contributed by atoms with Gasteiger partial charge in [0, 0.05) is 22.9 Å². The average Bonchev–Trinajstić information content (AvgIpc) is 2.45. The Morgan fingerprint density at radius 1 is 1.19 bits per heavy atom. The van der Waals surface area contributed by atoms with Crippen LogP contribution in [-0.4, -0.2) is 12.4 Å². The fraction of sp³-hybridized carbons (Fsp3) is 0.188. The number of ether oxygens (including phenoxy) is 1. The highest BCUT2D eigenvalue weighted by Gasteiger charge is 2.17. The lowest BCUT2D eigenvalue weighted by atomic mass is 10.0. The number of anilines is 1. The summed E-state index contributed by atoms with van der Waals surface area (Å²) in [5, 5.41) is 0.666. The molecule has 0 aliphatic rings. The highest BCUT2D eigenvalue weighted by Crippen LogP contribution is 2.32. The zero-order chi connectivity index (χ0) is 15.6. The minimum Gasteiger partial charge on any atom is -0.492 e. The van der Waals surface area contributed by atoms with E-state index in [2.05, 4.69) is 0 Å². The van der Waals surface area contributed by atoms with Crippen LogP contribution in [0.3, 0.4) is 0 Å². The molecule has 0 spiro atoms. The van der Waals surface area contributed by atoms with Crippen molar-refractivity contribution in [1.82, 2.24) is 0 Å². The molecule has 0 saturated heterocycles. The standard InChI is InChI=1S/C16H15Cl2NO2/c1-3-21-15-8-12(17)11(7-13(15)18)16(20)10-4-5-14(19)9(2)6-10/h4-8H,3,19H2,1-2H3. The number of nitrogen functional groups attached to an aromatic ring is 1. The van der Waals surface area contributed by atoms with Crippen LogP contribution in [0.5, 0.6) is 5.75 Å². The van der Waals surface area contributed by atoms with Crippen LogP contribution in [0.25, 0.3) is 0 Å². The molecule has 0 unspecified atom stereocenters. The van der Waals surface area contributed by atoms with Crippen molar-refractivity contribution in [1.29, 1.82) is 0 Å². The van der Waals surface area contributed by atoms with Crippen molar-refractivity contribution in [3.63, 3.8) is 0 Å². The molecule has 0 aromatic heterocycles. The molecule has 5 heteroatoms. The second kappa shape index (κ2) is 6.37. The Labute approximate surface area is 133 Å². The number of nitrogens with two attached hydrogens (primary N) is 1. The summed E-state index contributed by atoms with van der Waals surface area (Å²) in [5.74, 6) is 0.266. The second-order valence-corrected chi connectivity index (χ2v) is 5.41. The third kappa shape index (κ3) is 3.31. The normalized spacial score (nSPS) is 10.5. The number of ketones is 1. The number of hydrogen-bond donors (Lipinski definition) is 1. The first-order valence-corrected chi connectivity index (χ1v) is 7.22. The fourth-order valence-corrected chi connectivity index (χ4v) is 2.40. The van der Waals surface area contributed by atoms with E-state index in [0.717, 1.165) is 5.56 Å². The van der Waals surface area contributed by atoms with Crippen molar-refractivity contribution in [3.8, 4) is 5.75 Å². The average molecular weight is 324 g/mol. The largest absolute Gasteiger partial charge is 0.492 e. The summed E-state index contributed by atoms with van der Waals surface area (Å²) in [6.45, 7) is 4.17. The van der Waals surface area contributed by atoms with E-state index in [0.29, 0.717) is 39.2 Å². The van der Waals surface area contributed by atoms with Crippen LogP contribution in [0, 0.1) is 6.92 Å². The van der Waals surface area contributed by atoms with Gasteiger partial charge in [0.1, 0.15) is 5.75 Å². The van der Waals surface area contributed by atoms with E-state index >= 15 is 0 Å². The lowest BCUT2D eigenvalue weighted by Gasteiger charge is -2.10. The molecular weight excluding hydrogens is 309 g/mol. The molecular formula is C16H15Cl2NO2. The summed E-state index contributed by atoms with van der Waals surface area (Å²) in [6, 6.07) is 8.20. The van der Waals surface area contributed by atoms with Gasteiger partial charge in [0.15, 0.2) is 5.78 Å². The summed E-state index contributed by atoms with van der Waals surface area (Å²) in [6.07, 6.45) is 0. The Kier molecular flexibility index (Phi) is 4.76. The molecule has 21 heavy (non-hydrogen) atoms. The summed E-state index contributed by atoms with van der Waals surface area (Å²) in [4.78, 5) is 12.5. The number of rotatable bonds is 4. The van der Waals surface area contributed by atoms with Crippen molar-refractivity contribution in [2.75, 3.05) is 12.3 Å². The van der Waals surface area contributed by atoms with Gasteiger partial charge >= 0.3 is 0 Å². The van der Waals surface area contributed by atoms with Crippen LogP contribution in [0.1, 0.15) is 28.4 Å². The highest BCUT2D eigenvalue weighted by atomic mass is 35.5. The zero-order valence-electron chi connectivity index (χ0n) is 11.7. The first-order valence-electron chi connectivity index (χ1n) is 6.46. The number of benzene rings is 2. The molecule has 0 aliphatic carbocycles. The van der Waals surface area contributed by atoms with E-state index in [1.165, 1.54) is 6.07 Å². The molecule has 110 valence electrons. The first-order chi connectivity index (χ1) is 9.93. The van der Waals surface area contributed by atoms with Crippen molar-refractivity contribution in [2.45, 2.75) is 13.8 Å². The van der Waals surface area contributed by atoms with Crippen molar-refractivity contribution < 1.29 is 9.53 Å². The lowest BCUT2D eigenvalue weighted by molar-refractivity contribution is 0.103. The SMILES string of the molecule is CCOc1cc(Cl)c(C(=O)c2ccc(N)c(C)c2)cc1Cl. The van der Waals surface area contributed by atoms with Gasteiger partial charge in [0.2, 0.25) is 0 Å². The van der Waals surface area contributed by atoms with Crippen LogP contribution in [-0.2, 0) is 0 Å². The monoisotopic (exact) mass is 323 g/mol. The maximum atomic E-state index is 12.5. The third-order valence-corrected chi connectivity index (χ3v) is 3.71. The van der Waals surface area contributed by atoms with Gasteiger partial charge < -0.3 is 10.5 Å². The maximum Gasteiger partial charge on any atom is 0.194 e. The molecule has 0 saturated carbocycles. The van der Waals surface area contributed by atoms with E-state index in [1.54, 1.807) is 24.3 Å². The molecule has 0 fully saturated rings. The number of hydrogen-bond acceptors (Lipinski definition) is 3. The molecule has 0 atom stereocenters. The lowest BCUT2D eigenvalue weighted by Crippen LogP contribution is -2.04. The van der Waals surface area contributed by atoms with Crippen LogP contribution >= 0.6 is 23.2 Å². The molecule has 0 heterocycles. The molecule has 2 aromatic carbocycles. The zero-order valence-corrected chi connectivity index (χ0v) is 13.3. The topological polar surface area (TPSA) is 52.3 Å². The molecule has 0 bridgehead atoms. The van der Waals surface area contributed by atoms with E-state index < -0.39 is 0 Å². The molecule has 0 radical (unpaired) electrons. The summed E-state index contributed by atoms with van der Waals surface area (Å²) >= 11 is 12.3. The van der Waals surface area contributed by atoms with E-state index in [-0.39, 0.29) is 5.78 Å². The smallest absolute Gasteiger partial charge is 0.194 e. The predicted molar refractivity (Wildman–Crippen MR) is 86.7 cm³/mol. The number of halogens is 2. The third-order valence-electron chi connectivity index (χ3n) is 3.10. The Balaban J connectivity index is 2.43. The Morgan fingerprint density at radius 2 is 1.90 bits per heavy atom. The van der Waals surface area contributed by atoms with Gasteiger partial charge in [0.25, 0.3) is 0 Å². The number of carbonyl (C=O) groups excluding carboxylic acids is 1. The minimum atomic E-state index is -0.201. The molecule has 2 rings (SSSR count). The Hall–Kier alpha value is -1.71. The fourth-order valence-electron chi connectivity index (χ4n) is 1.94. The van der Waals surface area contributed by atoms with Crippen LogP contribution in [0.2, 0.25) is 10.0 Å². The van der Waals surface area contributed by atoms with Crippen molar-refractivity contribution in [3.05, 3.63) is 57.1 Å². The maximum absolute atomic E-state index is 12.5. The van der Waals surface area contributed by atoms with Crippen molar-refractivity contribution in [2.24, 2.45) is 0 Å². The van der Waals surface area contributed by atoms with Gasteiger partial charge in [-0.15, -0.1) is 0 Å². The van der Waals surface area contributed by atoms with Gasteiger partial charge in [-0.2, -0.15) is 0 Å². The second-order valence-electron chi connectivity index (χ2n) is 4.60. The van der Waals surface area contributed by atoms with E-state index in [4.69, 9.17) is 33.7 Å². The number of aryl methyl sites for hydroxylation is 1. The predicted octanol–water partition coefficient (Wildman–Crippen LogP) is 4.51. The molecule has 3 nitrogen and oxygen atoms in total. The van der Waals surface area contributed by atoms with Gasteiger partial charge in [-0.25, -0.2) is 0 Å². The van der Waals surface area contributed by atoms with Crippen LogP contribution in [0.15, 0.2) is 30.3 Å². The van der Waals surface area contributed by atoms with E-state index in [1.807, 2.05) is 13.8 Å². The quantitative estimate of drug-likeness (QED) is 0.665.